The maximum Gasteiger partial charge on any atom is 0.139 e. The first-order chi connectivity index (χ1) is 5.25. The van der Waals surface area contributed by atoms with Crippen molar-refractivity contribution in [1.29, 1.82) is 0 Å². The van der Waals surface area contributed by atoms with Crippen LogP contribution in [-0.2, 0) is 0 Å². The quantitative estimate of drug-likeness (QED) is 0.413. The minimum absolute atomic E-state index is 0.302. The van der Waals surface area contributed by atoms with Crippen LogP contribution in [0.5, 0.6) is 0 Å². The molecule has 0 radical (unpaired) electrons. The number of hydrogen-bond donors (Lipinski definition) is 0. The summed E-state index contributed by atoms with van der Waals surface area (Å²) in [6, 6.07) is 0. The zero-order chi connectivity index (χ0) is 9.94. The van der Waals surface area contributed by atoms with E-state index in [2.05, 4.69) is 55.5 Å². The molecule has 68 valence electrons. The molecule has 0 saturated heterocycles. The summed E-state index contributed by atoms with van der Waals surface area (Å²) in [5.41, 5.74) is 4.54. The third kappa shape index (κ3) is 3.80. The third-order valence-electron chi connectivity index (χ3n) is 2.40. The molecule has 0 rings (SSSR count). The lowest BCUT2D eigenvalue weighted by molar-refractivity contribution is 0.504. The van der Waals surface area contributed by atoms with Gasteiger partial charge < -0.3 is 0 Å². The van der Waals surface area contributed by atoms with Gasteiger partial charge in [0.1, 0.15) is 7.85 Å². The average Bonchev–Trinajstić information content (AvgIpc) is 1.85. The normalized spacial score (nSPS) is 13.0. The molecule has 0 aromatic carbocycles. The first kappa shape index (κ1) is 11.5. The Labute approximate surface area is 78.2 Å². The molecule has 0 aromatic rings. The Morgan fingerprint density at radius 3 is 1.75 bits per heavy atom. The second-order valence-corrected chi connectivity index (χ2v) is 4.76. The van der Waals surface area contributed by atoms with Crippen LogP contribution < -0.4 is 0 Å². The first-order valence-electron chi connectivity index (χ1n) is 4.58. The Morgan fingerprint density at radius 2 is 1.50 bits per heavy atom. The summed E-state index contributed by atoms with van der Waals surface area (Å²) in [6.07, 6.45) is 2.29. The lowest BCUT2D eigenvalue weighted by Gasteiger charge is -2.19. The number of rotatable bonds is 1. The number of allylic oxidation sites excluding steroid dienone is 4. The molecule has 0 saturated carbocycles. The highest BCUT2D eigenvalue weighted by Crippen LogP contribution is 2.25. The maximum absolute atomic E-state index is 2.29. The molecule has 0 heterocycles. The topological polar surface area (TPSA) is 0 Å². The van der Waals surface area contributed by atoms with Crippen molar-refractivity contribution >= 4 is 7.85 Å². The highest BCUT2D eigenvalue weighted by Gasteiger charge is 2.11. The van der Waals surface area contributed by atoms with Crippen molar-refractivity contribution in [3.8, 4) is 0 Å². The molecular formula is C11H21B. The summed E-state index contributed by atoms with van der Waals surface area (Å²) in [5.74, 6) is 0. The molecule has 0 aliphatic carbocycles. The van der Waals surface area contributed by atoms with E-state index in [4.69, 9.17) is 0 Å². The van der Waals surface area contributed by atoms with E-state index in [9.17, 15) is 0 Å². The van der Waals surface area contributed by atoms with Gasteiger partial charge in [0.05, 0.1) is 0 Å². The molecule has 0 N–H and O–H groups in total. The van der Waals surface area contributed by atoms with Crippen LogP contribution in [-0.4, -0.2) is 7.85 Å². The fourth-order valence-corrected chi connectivity index (χ4v) is 0.686. The van der Waals surface area contributed by atoms with Crippen molar-refractivity contribution in [2.24, 2.45) is 5.41 Å². The van der Waals surface area contributed by atoms with Gasteiger partial charge in [0.2, 0.25) is 0 Å². The Bertz CT molecular complexity index is 210. The van der Waals surface area contributed by atoms with Crippen LogP contribution in [0.1, 0.15) is 41.5 Å². The van der Waals surface area contributed by atoms with Gasteiger partial charge in [0, 0.05) is 0 Å². The molecule has 0 spiro atoms. The molecule has 0 aliphatic heterocycles. The van der Waals surface area contributed by atoms with Crippen LogP contribution in [0, 0.1) is 5.41 Å². The molecule has 1 heteroatoms. The fourth-order valence-electron chi connectivity index (χ4n) is 0.686. The van der Waals surface area contributed by atoms with Gasteiger partial charge in [-0.3, -0.25) is 0 Å². The zero-order valence-corrected chi connectivity index (χ0v) is 9.58. The summed E-state index contributed by atoms with van der Waals surface area (Å²) in [5, 5.41) is 0. The van der Waals surface area contributed by atoms with E-state index in [0.29, 0.717) is 5.41 Å². The van der Waals surface area contributed by atoms with Gasteiger partial charge in [-0.15, -0.1) is 0 Å². The van der Waals surface area contributed by atoms with Crippen LogP contribution in [0.15, 0.2) is 22.7 Å². The maximum atomic E-state index is 2.29. The average molecular weight is 164 g/mol. The Kier molecular flexibility index (Phi) is 3.82. The second kappa shape index (κ2) is 3.98. The van der Waals surface area contributed by atoms with E-state index >= 15 is 0 Å². The fraction of sp³-hybridized carbons (Fsp3) is 0.636. The highest BCUT2D eigenvalue weighted by molar-refractivity contribution is 6.23. The predicted octanol–water partition coefficient (Wildman–Crippen LogP) is 2.91. The zero-order valence-electron chi connectivity index (χ0n) is 9.58. The van der Waals surface area contributed by atoms with Gasteiger partial charge in [0.25, 0.3) is 0 Å². The van der Waals surface area contributed by atoms with Gasteiger partial charge in [-0.25, -0.2) is 0 Å². The van der Waals surface area contributed by atoms with Gasteiger partial charge in [-0.1, -0.05) is 43.5 Å². The standard InChI is InChI=1S/C11H21B/c1-8(2)10(12)7-9(3)11(4,5)6/h7H,12H2,1-6H3/b9-7+. The largest absolute Gasteiger partial charge is 0.139 e. The summed E-state index contributed by atoms with van der Waals surface area (Å²) >= 11 is 0. The van der Waals surface area contributed by atoms with E-state index in [-0.39, 0.29) is 0 Å². The molecule has 0 bridgehead atoms. The van der Waals surface area contributed by atoms with Crippen molar-refractivity contribution in [3.63, 3.8) is 0 Å². The Morgan fingerprint density at radius 1 is 1.08 bits per heavy atom. The van der Waals surface area contributed by atoms with Crippen LogP contribution in [0.4, 0.5) is 0 Å². The van der Waals surface area contributed by atoms with E-state index in [1.807, 2.05) is 0 Å². The van der Waals surface area contributed by atoms with Gasteiger partial charge >= 0.3 is 0 Å². The van der Waals surface area contributed by atoms with Crippen molar-refractivity contribution in [2.45, 2.75) is 41.5 Å². The van der Waals surface area contributed by atoms with E-state index in [1.54, 1.807) is 0 Å². The van der Waals surface area contributed by atoms with E-state index in [0.717, 1.165) is 0 Å². The van der Waals surface area contributed by atoms with Crippen molar-refractivity contribution in [2.75, 3.05) is 0 Å². The smallest absolute Gasteiger partial charge is 0.0903 e. The summed E-state index contributed by atoms with van der Waals surface area (Å²) in [7, 11) is 2.17. The molecule has 0 aliphatic rings. The van der Waals surface area contributed by atoms with Gasteiger partial charge in [0.15, 0.2) is 0 Å². The van der Waals surface area contributed by atoms with Crippen molar-refractivity contribution in [3.05, 3.63) is 22.7 Å². The molecular weight excluding hydrogens is 143 g/mol. The summed E-state index contributed by atoms with van der Waals surface area (Å²) < 4.78 is 0. The molecule has 0 atom stereocenters. The van der Waals surface area contributed by atoms with Crippen molar-refractivity contribution in [1.82, 2.24) is 0 Å². The lowest BCUT2D eigenvalue weighted by Crippen LogP contribution is -2.06. The first-order valence-corrected chi connectivity index (χ1v) is 4.58. The molecule has 0 fully saturated rings. The number of hydrogen-bond acceptors (Lipinski definition) is 0. The van der Waals surface area contributed by atoms with E-state index in [1.165, 1.54) is 16.6 Å². The van der Waals surface area contributed by atoms with E-state index < -0.39 is 0 Å². The molecule has 0 amide bonds. The molecule has 12 heavy (non-hydrogen) atoms. The predicted molar refractivity (Wildman–Crippen MR) is 60.1 cm³/mol. The minimum atomic E-state index is 0.302. The van der Waals surface area contributed by atoms with Crippen LogP contribution in [0.2, 0.25) is 0 Å². The van der Waals surface area contributed by atoms with Crippen LogP contribution >= 0.6 is 0 Å². The van der Waals surface area contributed by atoms with Crippen molar-refractivity contribution < 1.29 is 0 Å². The monoisotopic (exact) mass is 164 g/mol. The summed E-state index contributed by atoms with van der Waals surface area (Å²) in [6.45, 7) is 13.3. The molecule has 0 aromatic heterocycles. The summed E-state index contributed by atoms with van der Waals surface area (Å²) in [4.78, 5) is 0. The second-order valence-electron chi connectivity index (χ2n) is 4.76. The lowest BCUT2D eigenvalue weighted by atomic mass is 9.82. The molecule has 0 nitrogen and oxygen atoms in total. The minimum Gasteiger partial charge on any atom is -0.0903 e. The molecule has 0 unspecified atom stereocenters. The van der Waals surface area contributed by atoms with Gasteiger partial charge in [-0.2, -0.15) is 0 Å². The third-order valence-corrected chi connectivity index (χ3v) is 2.40. The van der Waals surface area contributed by atoms with Crippen LogP contribution in [0.3, 0.4) is 0 Å². The van der Waals surface area contributed by atoms with Crippen LogP contribution in [0.25, 0.3) is 0 Å². The van der Waals surface area contributed by atoms with Gasteiger partial charge in [-0.05, 0) is 26.2 Å². The highest BCUT2D eigenvalue weighted by atomic mass is 14.2. The Balaban J connectivity index is 4.71. The SMILES string of the molecule is BC(/C=C(\C)C(C)(C)C)=C(C)C. The Hall–Kier alpha value is -0.455.